The van der Waals surface area contributed by atoms with E-state index in [1.165, 1.54) is 12.1 Å². The highest BCUT2D eigenvalue weighted by atomic mass is 19.1. The summed E-state index contributed by atoms with van der Waals surface area (Å²) in [6, 6.07) is 12.7. The van der Waals surface area contributed by atoms with E-state index in [9.17, 15) is 14.0 Å². The van der Waals surface area contributed by atoms with Crippen molar-refractivity contribution < 1.29 is 18.7 Å². The minimum absolute atomic E-state index is 0.203. The fraction of sp³-hybridized carbons (Fsp3) is 0.222. The summed E-state index contributed by atoms with van der Waals surface area (Å²) >= 11 is 0. The number of hydrogen-bond acceptors (Lipinski definition) is 3. The highest BCUT2D eigenvalue weighted by Gasteiger charge is 2.15. The van der Waals surface area contributed by atoms with Crippen molar-refractivity contribution >= 4 is 11.8 Å². The van der Waals surface area contributed by atoms with Gasteiger partial charge in [-0.05, 0) is 42.8 Å². The van der Waals surface area contributed by atoms with Crippen molar-refractivity contribution in [3.63, 3.8) is 0 Å². The largest absolute Gasteiger partial charge is 0.484 e. The third-order valence-corrected chi connectivity index (χ3v) is 3.39. The van der Waals surface area contributed by atoms with E-state index in [0.29, 0.717) is 30.0 Å². The molecule has 0 atom stereocenters. The van der Waals surface area contributed by atoms with Gasteiger partial charge in [0.1, 0.15) is 11.6 Å². The number of primary amides is 1. The Balaban J connectivity index is 2.13. The van der Waals surface area contributed by atoms with Gasteiger partial charge in [0.05, 0.1) is 0 Å². The van der Waals surface area contributed by atoms with Crippen LogP contribution in [0.1, 0.15) is 22.8 Å². The predicted octanol–water partition coefficient (Wildman–Crippen LogP) is 2.35. The molecule has 0 bridgehead atoms. The average molecular weight is 330 g/mol. The molecule has 0 radical (unpaired) electrons. The zero-order valence-electron chi connectivity index (χ0n) is 13.4. The Morgan fingerprint density at radius 1 is 1.17 bits per heavy atom. The molecule has 0 aliphatic rings. The maximum absolute atomic E-state index is 13.3. The lowest BCUT2D eigenvalue weighted by molar-refractivity contribution is -0.119. The molecule has 0 saturated heterocycles. The van der Waals surface area contributed by atoms with Crippen LogP contribution in [0.5, 0.6) is 5.75 Å². The third kappa shape index (κ3) is 4.81. The molecule has 126 valence electrons. The van der Waals surface area contributed by atoms with Crippen LogP contribution in [-0.2, 0) is 11.3 Å². The van der Waals surface area contributed by atoms with Crippen molar-refractivity contribution in [2.24, 2.45) is 5.73 Å². The molecule has 2 rings (SSSR count). The first-order valence-electron chi connectivity index (χ1n) is 7.54. The van der Waals surface area contributed by atoms with Gasteiger partial charge >= 0.3 is 0 Å². The van der Waals surface area contributed by atoms with Crippen LogP contribution in [0.15, 0.2) is 48.5 Å². The van der Waals surface area contributed by atoms with Crippen LogP contribution in [0.4, 0.5) is 4.39 Å². The predicted molar refractivity (Wildman–Crippen MR) is 87.9 cm³/mol. The summed E-state index contributed by atoms with van der Waals surface area (Å²) < 4.78 is 18.5. The lowest BCUT2D eigenvalue weighted by Gasteiger charge is -2.21. The van der Waals surface area contributed by atoms with Crippen molar-refractivity contribution in [3.8, 4) is 5.75 Å². The first-order chi connectivity index (χ1) is 11.5. The summed E-state index contributed by atoms with van der Waals surface area (Å²) in [6.07, 6.45) is 0. The summed E-state index contributed by atoms with van der Waals surface area (Å²) in [6.45, 7) is 2.38. The van der Waals surface area contributed by atoms with E-state index >= 15 is 0 Å². The normalized spacial score (nSPS) is 10.2. The number of halogens is 1. The number of hydrogen-bond donors (Lipinski definition) is 1. The standard InChI is InChI=1S/C18H19FN2O3/c1-2-21(11-13-5-3-7-15(19)9-13)18(23)14-6-4-8-16(10-14)24-12-17(20)22/h3-10H,2,11-12H2,1H3,(H2,20,22). The number of carbonyl (C=O) groups excluding carboxylic acids is 2. The van der Waals surface area contributed by atoms with Gasteiger partial charge in [-0.1, -0.05) is 18.2 Å². The zero-order chi connectivity index (χ0) is 17.5. The van der Waals surface area contributed by atoms with E-state index in [1.807, 2.05) is 6.92 Å². The second-order valence-electron chi connectivity index (χ2n) is 5.23. The van der Waals surface area contributed by atoms with Gasteiger partial charge in [-0.3, -0.25) is 9.59 Å². The van der Waals surface area contributed by atoms with Gasteiger partial charge in [0.25, 0.3) is 11.8 Å². The molecule has 0 fully saturated rings. The van der Waals surface area contributed by atoms with E-state index in [1.54, 1.807) is 41.3 Å². The molecule has 0 aliphatic heterocycles. The van der Waals surface area contributed by atoms with Crippen LogP contribution < -0.4 is 10.5 Å². The van der Waals surface area contributed by atoms with Crippen molar-refractivity contribution in [3.05, 3.63) is 65.5 Å². The third-order valence-electron chi connectivity index (χ3n) is 3.39. The summed E-state index contributed by atoms with van der Waals surface area (Å²) in [5.74, 6) is -0.737. The van der Waals surface area contributed by atoms with Crippen LogP contribution in [-0.4, -0.2) is 29.9 Å². The molecular weight excluding hydrogens is 311 g/mol. The second-order valence-corrected chi connectivity index (χ2v) is 5.23. The summed E-state index contributed by atoms with van der Waals surface area (Å²) in [5, 5.41) is 0. The quantitative estimate of drug-likeness (QED) is 0.847. The van der Waals surface area contributed by atoms with Crippen LogP contribution in [0.25, 0.3) is 0 Å². The van der Waals surface area contributed by atoms with Crippen molar-refractivity contribution in [1.82, 2.24) is 4.90 Å². The maximum atomic E-state index is 13.3. The Kier molecular flexibility index (Phi) is 5.89. The van der Waals surface area contributed by atoms with Gasteiger partial charge in [0.2, 0.25) is 0 Å². The Hall–Kier alpha value is -2.89. The van der Waals surface area contributed by atoms with E-state index in [-0.39, 0.29) is 18.3 Å². The molecule has 0 unspecified atom stereocenters. The van der Waals surface area contributed by atoms with Gasteiger partial charge in [0, 0.05) is 18.7 Å². The number of nitrogens with two attached hydrogens (primary N) is 1. The van der Waals surface area contributed by atoms with Crippen LogP contribution in [0.3, 0.4) is 0 Å². The number of carbonyl (C=O) groups is 2. The molecule has 2 N–H and O–H groups in total. The molecular formula is C18H19FN2O3. The van der Waals surface area contributed by atoms with Crippen LogP contribution >= 0.6 is 0 Å². The fourth-order valence-electron chi connectivity index (χ4n) is 2.24. The SMILES string of the molecule is CCN(Cc1cccc(F)c1)C(=O)c1cccc(OCC(N)=O)c1. The van der Waals surface area contributed by atoms with Crippen molar-refractivity contribution in [2.75, 3.05) is 13.2 Å². The lowest BCUT2D eigenvalue weighted by Crippen LogP contribution is -2.30. The molecule has 0 saturated carbocycles. The monoisotopic (exact) mass is 330 g/mol. The second kappa shape index (κ2) is 8.10. The van der Waals surface area contributed by atoms with E-state index in [2.05, 4.69) is 0 Å². The zero-order valence-corrected chi connectivity index (χ0v) is 13.4. The Morgan fingerprint density at radius 3 is 2.58 bits per heavy atom. The molecule has 2 aromatic carbocycles. The molecule has 0 aliphatic carbocycles. The summed E-state index contributed by atoms with van der Waals surface area (Å²) in [7, 11) is 0. The van der Waals surface area contributed by atoms with Crippen LogP contribution in [0, 0.1) is 5.82 Å². The Labute approximate surface area is 139 Å². The maximum Gasteiger partial charge on any atom is 0.255 e. The minimum Gasteiger partial charge on any atom is -0.484 e. The summed E-state index contributed by atoms with van der Waals surface area (Å²) in [5.41, 5.74) is 6.18. The minimum atomic E-state index is -0.590. The molecule has 0 aromatic heterocycles. The van der Waals surface area contributed by atoms with Gasteiger partial charge < -0.3 is 15.4 Å². The van der Waals surface area contributed by atoms with Crippen LogP contribution in [0.2, 0.25) is 0 Å². The highest BCUT2D eigenvalue weighted by Crippen LogP contribution is 2.16. The molecule has 0 heterocycles. The average Bonchev–Trinajstić information content (AvgIpc) is 2.57. The number of rotatable bonds is 7. The van der Waals surface area contributed by atoms with Gasteiger partial charge in [-0.25, -0.2) is 4.39 Å². The summed E-state index contributed by atoms with van der Waals surface area (Å²) in [4.78, 5) is 25.0. The van der Waals surface area contributed by atoms with Crippen molar-refractivity contribution in [1.29, 1.82) is 0 Å². The van der Waals surface area contributed by atoms with E-state index in [4.69, 9.17) is 10.5 Å². The first-order valence-corrected chi connectivity index (χ1v) is 7.54. The molecule has 0 spiro atoms. The van der Waals surface area contributed by atoms with E-state index < -0.39 is 5.91 Å². The Morgan fingerprint density at radius 2 is 1.92 bits per heavy atom. The molecule has 6 heteroatoms. The number of ether oxygens (including phenoxy) is 1. The van der Waals surface area contributed by atoms with Gasteiger partial charge in [-0.2, -0.15) is 0 Å². The molecule has 5 nitrogen and oxygen atoms in total. The number of amides is 2. The number of nitrogens with zero attached hydrogens (tertiary/aromatic N) is 1. The fourth-order valence-corrected chi connectivity index (χ4v) is 2.24. The van der Waals surface area contributed by atoms with Crippen molar-refractivity contribution in [2.45, 2.75) is 13.5 Å². The lowest BCUT2D eigenvalue weighted by atomic mass is 10.1. The smallest absolute Gasteiger partial charge is 0.255 e. The van der Waals surface area contributed by atoms with E-state index in [0.717, 1.165) is 0 Å². The Bertz CT molecular complexity index is 734. The molecule has 2 aromatic rings. The topological polar surface area (TPSA) is 72.6 Å². The van der Waals surface area contributed by atoms with Gasteiger partial charge in [0.15, 0.2) is 6.61 Å². The number of benzene rings is 2. The molecule has 24 heavy (non-hydrogen) atoms. The first kappa shape index (κ1) is 17.5. The highest BCUT2D eigenvalue weighted by molar-refractivity contribution is 5.94. The van der Waals surface area contributed by atoms with Gasteiger partial charge in [-0.15, -0.1) is 0 Å². The molecule has 2 amide bonds.